The molecule has 1 N–H and O–H groups in total. The van der Waals surface area contributed by atoms with Crippen LogP contribution in [0.3, 0.4) is 0 Å². The number of anilines is 1. The molecule has 21 heavy (non-hydrogen) atoms. The Bertz CT molecular complexity index is 607. The van der Waals surface area contributed by atoms with Crippen molar-refractivity contribution < 1.29 is 8.42 Å². The highest BCUT2D eigenvalue weighted by Crippen LogP contribution is 2.33. The third-order valence-corrected chi connectivity index (χ3v) is 6.79. The highest BCUT2D eigenvalue weighted by molar-refractivity contribution is 7.89. The van der Waals surface area contributed by atoms with Gasteiger partial charge >= 0.3 is 0 Å². The second-order valence-electron chi connectivity index (χ2n) is 5.96. The molecule has 4 nitrogen and oxygen atoms in total. The van der Waals surface area contributed by atoms with Crippen molar-refractivity contribution in [1.82, 2.24) is 4.31 Å². The molecule has 0 unspecified atom stereocenters. The van der Waals surface area contributed by atoms with Gasteiger partial charge in [-0.15, -0.1) is 0 Å². The minimum atomic E-state index is -3.38. The summed E-state index contributed by atoms with van der Waals surface area (Å²) in [6, 6.07) is 5.80. The molecule has 1 heterocycles. The number of benzene rings is 1. The van der Waals surface area contributed by atoms with Gasteiger partial charge in [0.25, 0.3) is 0 Å². The molecule has 0 spiro atoms. The summed E-state index contributed by atoms with van der Waals surface area (Å²) in [7, 11) is -3.38. The minimum Gasteiger partial charge on any atom is -0.385 e. The molecule has 0 atom stereocenters. The van der Waals surface area contributed by atoms with Gasteiger partial charge in [-0.3, -0.25) is 0 Å². The zero-order chi connectivity index (χ0) is 14.9. The molecule has 1 aromatic carbocycles. The Morgan fingerprint density at radius 1 is 1.24 bits per heavy atom. The number of hydrogen-bond donors (Lipinski definition) is 1. The first-order valence-corrected chi connectivity index (χ1v) is 9.46. The quantitative estimate of drug-likeness (QED) is 0.930. The number of nitrogens with one attached hydrogen (secondary N) is 1. The van der Waals surface area contributed by atoms with Gasteiger partial charge in [0, 0.05) is 24.8 Å². The summed E-state index contributed by atoms with van der Waals surface area (Å²) < 4.78 is 28.0. The van der Waals surface area contributed by atoms with Crippen LogP contribution in [0.5, 0.6) is 0 Å². The Balaban J connectivity index is 2.01. The predicted octanol–water partition coefficient (Wildman–Crippen LogP) is 3.00. The van der Waals surface area contributed by atoms with E-state index in [4.69, 9.17) is 0 Å². The van der Waals surface area contributed by atoms with Gasteiger partial charge in [0.2, 0.25) is 10.0 Å². The Hall–Kier alpha value is -1.07. The van der Waals surface area contributed by atoms with Crippen molar-refractivity contribution in [2.24, 2.45) is 0 Å². The van der Waals surface area contributed by atoms with Crippen LogP contribution in [-0.2, 0) is 16.4 Å². The van der Waals surface area contributed by atoms with E-state index in [-0.39, 0.29) is 6.04 Å². The topological polar surface area (TPSA) is 49.4 Å². The van der Waals surface area contributed by atoms with Crippen molar-refractivity contribution in [2.75, 3.05) is 18.4 Å². The summed E-state index contributed by atoms with van der Waals surface area (Å²) in [4.78, 5) is 0.515. The number of fused-ring (bicyclic) bond motifs is 1. The lowest BCUT2D eigenvalue weighted by Crippen LogP contribution is -2.39. The molecule has 1 saturated carbocycles. The van der Waals surface area contributed by atoms with Crippen molar-refractivity contribution in [3.8, 4) is 0 Å². The molecular weight excluding hydrogens is 284 g/mol. The molecule has 1 fully saturated rings. The van der Waals surface area contributed by atoms with E-state index in [2.05, 4.69) is 5.32 Å². The summed E-state index contributed by atoms with van der Waals surface area (Å²) >= 11 is 0. The van der Waals surface area contributed by atoms with E-state index in [9.17, 15) is 8.42 Å². The zero-order valence-corrected chi connectivity index (χ0v) is 13.5. The van der Waals surface area contributed by atoms with Crippen LogP contribution >= 0.6 is 0 Å². The monoisotopic (exact) mass is 308 g/mol. The van der Waals surface area contributed by atoms with Crippen LogP contribution in [0.4, 0.5) is 5.69 Å². The largest absolute Gasteiger partial charge is 0.385 e. The molecule has 0 aromatic heterocycles. The first-order chi connectivity index (χ1) is 10.1. The Morgan fingerprint density at radius 2 is 2.00 bits per heavy atom. The summed E-state index contributed by atoms with van der Waals surface area (Å²) in [5, 5.41) is 3.32. The molecule has 2 aliphatic rings. The van der Waals surface area contributed by atoms with Crippen molar-refractivity contribution in [1.29, 1.82) is 0 Å². The molecule has 0 saturated heterocycles. The van der Waals surface area contributed by atoms with Gasteiger partial charge in [-0.2, -0.15) is 4.31 Å². The molecule has 1 aliphatic carbocycles. The molecule has 0 radical (unpaired) electrons. The maximum Gasteiger partial charge on any atom is 0.243 e. The number of nitrogens with zero attached hydrogens (tertiary/aromatic N) is 1. The highest BCUT2D eigenvalue weighted by Gasteiger charge is 2.34. The first-order valence-electron chi connectivity index (χ1n) is 8.02. The van der Waals surface area contributed by atoms with E-state index in [1.807, 2.05) is 19.1 Å². The third-order valence-electron chi connectivity index (χ3n) is 4.68. The maximum atomic E-state index is 13.1. The van der Waals surface area contributed by atoms with E-state index < -0.39 is 10.0 Å². The average molecular weight is 308 g/mol. The standard InChI is InChI=1S/C16H24N2O2S/c1-2-18(13-7-3-4-8-13)21(19,20)16-11-5-10-15-14(16)9-6-12-17-15/h5,10-11,13,17H,2-4,6-9,12H2,1H3. The number of rotatable bonds is 4. The zero-order valence-electron chi connectivity index (χ0n) is 12.6. The fourth-order valence-corrected chi connectivity index (χ4v) is 5.63. The van der Waals surface area contributed by atoms with Gasteiger partial charge in [0.05, 0.1) is 4.90 Å². The summed E-state index contributed by atoms with van der Waals surface area (Å²) in [5.41, 5.74) is 1.96. The first kappa shape index (κ1) is 14.9. The molecule has 116 valence electrons. The van der Waals surface area contributed by atoms with Gasteiger partial charge in [-0.25, -0.2) is 8.42 Å². The van der Waals surface area contributed by atoms with Crippen LogP contribution in [0.1, 0.15) is 44.6 Å². The summed E-state index contributed by atoms with van der Waals surface area (Å²) in [6.07, 6.45) is 6.13. The van der Waals surface area contributed by atoms with E-state index in [0.29, 0.717) is 11.4 Å². The fourth-order valence-electron chi connectivity index (χ4n) is 3.66. The molecule has 5 heteroatoms. The lowest BCUT2D eigenvalue weighted by Gasteiger charge is -2.29. The van der Waals surface area contributed by atoms with Gasteiger partial charge in [0.15, 0.2) is 0 Å². The van der Waals surface area contributed by atoms with Gasteiger partial charge in [-0.1, -0.05) is 25.8 Å². The van der Waals surface area contributed by atoms with Crippen molar-refractivity contribution in [3.63, 3.8) is 0 Å². The average Bonchev–Trinajstić information content (AvgIpc) is 3.01. The fraction of sp³-hybridized carbons (Fsp3) is 0.625. The Labute approximate surface area is 127 Å². The lowest BCUT2D eigenvalue weighted by molar-refractivity contribution is 0.335. The SMILES string of the molecule is CCN(C1CCCC1)S(=O)(=O)c1cccc2c1CCCN2. The van der Waals surface area contributed by atoms with Crippen LogP contribution in [-0.4, -0.2) is 31.9 Å². The molecular formula is C16H24N2O2S. The van der Waals surface area contributed by atoms with Crippen molar-refractivity contribution in [3.05, 3.63) is 23.8 Å². The van der Waals surface area contributed by atoms with Gasteiger partial charge < -0.3 is 5.32 Å². The summed E-state index contributed by atoms with van der Waals surface area (Å²) in [5.74, 6) is 0. The van der Waals surface area contributed by atoms with Crippen molar-refractivity contribution >= 4 is 15.7 Å². The highest BCUT2D eigenvalue weighted by atomic mass is 32.2. The number of sulfonamides is 1. The van der Waals surface area contributed by atoms with E-state index >= 15 is 0 Å². The lowest BCUT2D eigenvalue weighted by atomic mass is 10.0. The second kappa shape index (κ2) is 5.97. The number of hydrogen-bond acceptors (Lipinski definition) is 3. The van der Waals surface area contributed by atoms with Gasteiger partial charge in [-0.05, 0) is 43.4 Å². The van der Waals surface area contributed by atoms with E-state index in [1.54, 1.807) is 10.4 Å². The predicted molar refractivity (Wildman–Crippen MR) is 85.1 cm³/mol. The van der Waals surface area contributed by atoms with Crippen LogP contribution in [0.2, 0.25) is 0 Å². The Kier molecular flexibility index (Phi) is 4.22. The maximum absolute atomic E-state index is 13.1. The van der Waals surface area contributed by atoms with Crippen molar-refractivity contribution in [2.45, 2.75) is 56.4 Å². The molecule has 0 bridgehead atoms. The molecule has 3 rings (SSSR count). The van der Waals surface area contributed by atoms with E-state index in [0.717, 1.165) is 56.3 Å². The third kappa shape index (κ3) is 2.69. The smallest absolute Gasteiger partial charge is 0.243 e. The van der Waals surface area contributed by atoms with Gasteiger partial charge in [0.1, 0.15) is 0 Å². The molecule has 1 aromatic rings. The van der Waals surface area contributed by atoms with Crippen LogP contribution in [0, 0.1) is 0 Å². The Morgan fingerprint density at radius 3 is 2.71 bits per heavy atom. The summed E-state index contributed by atoms with van der Waals surface area (Å²) in [6.45, 7) is 3.43. The van der Waals surface area contributed by atoms with Crippen LogP contribution in [0.25, 0.3) is 0 Å². The normalized spacial score (nSPS) is 19.5. The van der Waals surface area contributed by atoms with Crippen LogP contribution in [0.15, 0.2) is 23.1 Å². The second-order valence-corrected chi connectivity index (χ2v) is 7.82. The minimum absolute atomic E-state index is 0.187. The molecule has 1 aliphatic heterocycles. The molecule has 0 amide bonds. The van der Waals surface area contributed by atoms with E-state index in [1.165, 1.54) is 0 Å². The van der Waals surface area contributed by atoms with Crippen LogP contribution < -0.4 is 5.32 Å².